The maximum Gasteiger partial charge on any atom is 0.130 e. The highest BCUT2D eigenvalue weighted by atomic mass is 19.1. The molecule has 4 heteroatoms. The summed E-state index contributed by atoms with van der Waals surface area (Å²) >= 11 is 0. The van der Waals surface area contributed by atoms with Crippen LogP contribution in [0.15, 0.2) is 48.5 Å². The Morgan fingerprint density at radius 3 is 2.38 bits per heavy atom. The van der Waals surface area contributed by atoms with E-state index in [0.717, 1.165) is 24.6 Å². The number of aliphatic hydroxyl groups is 1. The van der Waals surface area contributed by atoms with E-state index in [-0.39, 0.29) is 0 Å². The number of hydrogen-bond acceptors (Lipinski definition) is 2. The first kappa shape index (κ1) is 18.6. The minimum Gasteiger partial charge on any atom is -0.387 e. The molecule has 2 nitrogen and oxygen atoms in total. The molecule has 24 heavy (non-hydrogen) atoms. The predicted octanol–water partition coefficient (Wildman–Crippen LogP) is 4.55. The molecule has 0 heterocycles. The third kappa shape index (κ3) is 5.69. The Balaban J connectivity index is 2.08. The molecule has 0 amide bonds. The fraction of sp³-hybridized carbons (Fsp3) is 0.400. The molecule has 0 aliphatic carbocycles. The second-order valence-electron chi connectivity index (χ2n) is 6.58. The van der Waals surface area contributed by atoms with E-state index in [4.69, 9.17) is 0 Å². The van der Waals surface area contributed by atoms with Gasteiger partial charge in [0.2, 0.25) is 0 Å². The summed E-state index contributed by atoms with van der Waals surface area (Å²) in [5, 5.41) is 10.5. The van der Waals surface area contributed by atoms with Gasteiger partial charge in [-0.05, 0) is 30.5 Å². The Kier molecular flexibility index (Phi) is 6.88. The number of benzene rings is 2. The molecular weight excluding hydrogens is 308 g/mol. The number of nitrogens with zero attached hydrogens (tertiary/aromatic N) is 1. The number of rotatable bonds is 8. The summed E-state index contributed by atoms with van der Waals surface area (Å²) in [6.45, 7) is 5.77. The zero-order valence-corrected chi connectivity index (χ0v) is 14.3. The first-order valence-corrected chi connectivity index (χ1v) is 8.35. The molecule has 2 aromatic carbocycles. The SMILES string of the molecule is CC(C)CCN(Cc1ccc(F)cc1F)CC(O)c1ccccc1. The Bertz CT molecular complexity index is 631. The van der Waals surface area contributed by atoms with Gasteiger partial charge >= 0.3 is 0 Å². The molecule has 2 aromatic rings. The van der Waals surface area contributed by atoms with Crippen molar-refractivity contribution in [2.75, 3.05) is 13.1 Å². The number of aliphatic hydroxyl groups excluding tert-OH is 1. The topological polar surface area (TPSA) is 23.5 Å². The van der Waals surface area contributed by atoms with E-state index in [1.54, 1.807) is 0 Å². The molecule has 0 aromatic heterocycles. The summed E-state index contributed by atoms with van der Waals surface area (Å²) in [5.41, 5.74) is 1.28. The summed E-state index contributed by atoms with van der Waals surface area (Å²) < 4.78 is 27.0. The number of hydrogen-bond donors (Lipinski definition) is 1. The van der Waals surface area contributed by atoms with Crippen LogP contribution in [0.25, 0.3) is 0 Å². The van der Waals surface area contributed by atoms with E-state index in [1.165, 1.54) is 12.1 Å². The lowest BCUT2D eigenvalue weighted by atomic mass is 10.1. The molecule has 0 aliphatic heterocycles. The fourth-order valence-corrected chi connectivity index (χ4v) is 2.59. The predicted molar refractivity (Wildman–Crippen MR) is 92.5 cm³/mol. The van der Waals surface area contributed by atoms with Gasteiger partial charge in [0.05, 0.1) is 6.10 Å². The monoisotopic (exact) mass is 333 g/mol. The van der Waals surface area contributed by atoms with Crippen molar-refractivity contribution in [1.29, 1.82) is 0 Å². The van der Waals surface area contributed by atoms with Gasteiger partial charge in [-0.3, -0.25) is 4.90 Å². The van der Waals surface area contributed by atoms with Crippen LogP contribution in [0.5, 0.6) is 0 Å². The highest BCUT2D eigenvalue weighted by Gasteiger charge is 2.16. The van der Waals surface area contributed by atoms with Crippen molar-refractivity contribution in [1.82, 2.24) is 4.90 Å². The first-order valence-electron chi connectivity index (χ1n) is 8.35. The Hall–Kier alpha value is -1.78. The van der Waals surface area contributed by atoms with Crippen molar-refractivity contribution in [2.24, 2.45) is 5.92 Å². The minimum absolute atomic E-state index is 0.350. The van der Waals surface area contributed by atoms with Crippen LogP contribution in [0.2, 0.25) is 0 Å². The Morgan fingerprint density at radius 2 is 1.75 bits per heavy atom. The second-order valence-corrected chi connectivity index (χ2v) is 6.58. The quantitative estimate of drug-likeness (QED) is 0.766. The van der Waals surface area contributed by atoms with Crippen LogP contribution in [0, 0.1) is 17.6 Å². The van der Waals surface area contributed by atoms with Crippen molar-refractivity contribution in [3.05, 3.63) is 71.3 Å². The molecule has 1 N–H and O–H groups in total. The third-order valence-electron chi connectivity index (χ3n) is 4.05. The van der Waals surface area contributed by atoms with Gasteiger partial charge in [-0.1, -0.05) is 50.2 Å². The standard InChI is InChI=1S/C20H25F2NO/c1-15(2)10-11-23(13-17-8-9-18(21)12-19(17)22)14-20(24)16-6-4-3-5-7-16/h3-9,12,15,20,24H,10-11,13-14H2,1-2H3. The molecule has 0 saturated heterocycles. The van der Waals surface area contributed by atoms with Crippen molar-refractivity contribution in [2.45, 2.75) is 32.9 Å². The van der Waals surface area contributed by atoms with E-state index in [0.29, 0.717) is 24.6 Å². The van der Waals surface area contributed by atoms with Crippen molar-refractivity contribution in [3.8, 4) is 0 Å². The summed E-state index contributed by atoms with van der Waals surface area (Å²) in [7, 11) is 0. The highest BCUT2D eigenvalue weighted by molar-refractivity contribution is 5.20. The molecule has 2 rings (SSSR count). The summed E-state index contributed by atoms with van der Waals surface area (Å²) in [4.78, 5) is 2.02. The maximum atomic E-state index is 13.9. The van der Waals surface area contributed by atoms with E-state index in [1.807, 2.05) is 35.2 Å². The molecule has 130 valence electrons. The Labute approximate surface area is 142 Å². The van der Waals surface area contributed by atoms with Crippen LogP contribution in [0.3, 0.4) is 0 Å². The molecule has 0 saturated carbocycles. The highest BCUT2D eigenvalue weighted by Crippen LogP contribution is 2.18. The summed E-state index contributed by atoms with van der Waals surface area (Å²) in [6, 6.07) is 13.1. The van der Waals surface area contributed by atoms with Gasteiger partial charge in [-0.2, -0.15) is 0 Å². The van der Waals surface area contributed by atoms with Gasteiger partial charge in [-0.25, -0.2) is 8.78 Å². The summed E-state index contributed by atoms with van der Waals surface area (Å²) in [5.74, 6) is -0.604. The van der Waals surface area contributed by atoms with Crippen LogP contribution in [0.4, 0.5) is 8.78 Å². The van der Waals surface area contributed by atoms with E-state index < -0.39 is 17.7 Å². The van der Waals surface area contributed by atoms with Crippen LogP contribution < -0.4 is 0 Å². The van der Waals surface area contributed by atoms with Gasteiger partial charge in [0.1, 0.15) is 11.6 Å². The molecule has 0 bridgehead atoms. The van der Waals surface area contributed by atoms with Gasteiger partial charge in [0, 0.05) is 24.7 Å². The average molecular weight is 333 g/mol. The molecule has 1 unspecified atom stereocenters. The second kappa shape index (κ2) is 8.90. The minimum atomic E-state index is -0.637. The molecular formula is C20H25F2NO. The van der Waals surface area contributed by atoms with Gasteiger partial charge < -0.3 is 5.11 Å². The lowest BCUT2D eigenvalue weighted by Crippen LogP contribution is -2.30. The average Bonchev–Trinajstić information content (AvgIpc) is 2.55. The van der Waals surface area contributed by atoms with Crippen molar-refractivity contribution >= 4 is 0 Å². The van der Waals surface area contributed by atoms with Gasteiger partial charge in [0.25, 0.3) is 0 Å². The Morgan fingerprint density at radius 1 is 1.04 bits per heavy atom. The molecule has 1 atom stereocenters. The first-order chi connectivity index (χ1) is 11.5. The normalized spacial score (nSPS) is 12.8. The van der Waals surface area contributed by atoms with Crippen LogP contribution in [-0.2, 0) is 6.54 Å². The van der Waals surface area contributed by atoms with E-state index in [9.17, 15) is 13.9 Å². The lowest BCUT2D eigenvalue weighted by Gasteiger charge is -2.26. The molecule has 0 aliphatic rings. The molecule has 0 fully saturated rings. The third-order valence-corrected chi connectivity index (χ3v) is 4.05. The number of halogens is 2. The van der Waals surface area contributed by atoms with Gasteiger partial charge in [0.15, 0.2) is 0 Å². The lowest BCUT2D eigenvalue weighted by molar-refractivity contribution is 0.105. The molecule has 0 radical (unpaired) electrons. The van der Waals surface area contributed by atoms with Crippen LogP contribution in [0.1, 0.15) is 37.5 Å². The fourth-order valence-electron chi connectivity index (χ4n) is 2.59. The van der Waals surface area contributed by atoms with Crippen molar-refractivity contribution < 1.29 is 13.9 Å². The van der Waals surface area contributed by atoms with E-state index in [2.05, 4.69) is 13.8 Å². The molecule has 0 spiro atoms. The zero-order valence-electron chi connectivity index (χ0n) is 14.3. The summed E-state index contributed by atoms with van der Waals surface area (Å²) in [6.07, 6.45) is 0.312. The van der Waals surface area contributed by atoms with Gasteiger partial charge in [-0.15, -0.1) is 0 Å². The smallest absolute Gasteiger partial charge is 0.130 e. The van der Waals surface area contributed by atoms with Crippen LogP contribution >= 0.6 is 0 Å². The zero-order chi connectivity index (χ0) is 17.5. The van der Waals surface area contributed by atoms with Crippen molar-refractivity contribution in [3.63, 3.8) is 0 Å². The largest absolute Gasteiger partial charge is 0.387 e. The maximum absolute atomic E-state index is 13.9. The van der Waals surface area contributed by atoms with Crippen LogP contribution in [-0.4, -0.2) is 23.1 Å². The van der Waals surface area contributed by atoms with E-state index >= 15 is 0 Å².